The van der Waals surface area contributed by atoms with E-state index < -0.39 is 0 Å². The van der Waals surface area contributed by atoms with Crippen molar-refractivity contribution in [2.75, 3.05) is 13.1 Å². The van der Waals surface area contributed by atoms with E-state index in [-0.39, 0.29) is 6.10 Å². The molecule has 2 heterocycles. The number of rotatable bonds is 3. The largest absolute Gasteiger partial charge is 0.439 e. The third kappa shape index (κ3) is 2.92. The Morgan fingerprint density at radius 1 is 1.35 bits per heavy atom. The Morgan fingerprint density at radius 3 is 2.90 bits per heavy atom. The molecule has 1 aromatic heterocycles. The van der Waals surface area contributed by atoms with E-state index in [9.17, 15) is 5.11 Å². The summed E-state index contributed by atoms with van der Waals surface area (Å²) in [5, 5.41) is 9.75. The van der Waals surface area contributed by atoms with Gasteiger partial charge in [0.15, 0.2) is 5.76 Å². The summed E-state index contributed by atoms with van der Waals surface area (Å²) in [6.07, 6.45) is 2.44. The number of aromatic nitrogens is 1. The maximum atomic E-state index is 9.75. The topological polar surface area (TPSA) is 49.5 Å². The molecule has 1 saturated heterocycles. The van der Waals surface area contributed by atoms with Gasteiger partial charge in [0.2, 0.25) is 5.89 Å². The second-order valence-electron chi connectivity index (χ2n) is 5.55. The van der Waals surface area contributed by atoms with Crippen molar-refractivity contribution in [2.45, 2.75) is 26.0 Å². The molecule has 2 atom stereocenters. The van der Waals surface area contributed by atoms with Crippen LogP contribution in [0.4, 0.5) is 0 Å². The van der Waals surface area contributed by atoms with Gasteiger partial charge in [-0.2, -0.15) is 0 Å². The number of oxazole rings is 1. The van der Waals surface area contributed by atoms with Gasteiger partial charge in [-0.3, -0.25) is 4.90 Å². The minimum Gasteiger partial charge on any atom is -0.439 e. The summed E-state index contributed by atoms with van der Waals surface area (Å²) in [6, 6.07) is 10.0. The Bertz CT molecular complexity index is 553. The lowest BCUT2D eigenvalue weighted by molar-refractivity contribution is 0.0290. The van der Waals surface area contributed by atoms with Crippen LogP contribution in [0.2, 0.25) is 0 Å². The van der Waals surface area contributed by atoms with Gasteiger partial charge in [-0.15, -0.1) is 0 Å². The highest BCUT2D eigenvalue weighted by Crippen LogP contribution is 2.22. The van der Waals surface area contributed by atoms with Gasteiger partial charge in [0, 0.05) is 18.7 Å². The zero-order valence-electron chi connectivity index (χ0n) is 11.7. The van der Waals surface area contributed by atoms with Gasteiger partial charge in [0.25, 0.3) is 0 Å². The van der Waals surface area contributed by atoms with Crippen molar-refractivity contribution >= 4 is 0 Å². The van der Waals surface area contributed by atoms with E-state index in [0.29, 0.717) is 12.5 Å². The first-order chi connectivity index (χ1) is 9.72. The predicted octanol–water partition coefficient (Wildman–Crippen LogP) is 2.54. The molecule has 4 nitrogen and oxygen atoms in total. The summed E-state index contributed by atoms with van der Waals surface area (Å²) < 4.78 is 5.82. The first-order valence-corrected chi connectivity index (χ1v) is 7.13. The summed E-state index contributed by atoms with van der Waals surface area (Å²) in [6.45, 7) is 4.59. The highest BCUT2D eigenvalue weighted by atomic mass is 16.4. The molecule has 1 fully saturated rings. The van der Waals surface area contributed by atoms with Gasteiger partial charge in [0.1, 0.15) is 0 Å². The van der Waals surface area contributed by atoms with Crippen LogP contribution in [0.1, 0.15) is 19.2 Å². The maximum Gasteiger partial charge on any atom is 0.209 e. The van der Waals surface area contributed by atoms with E-state index >= 15 is 0 Å². The summed E-state index contributed by atoms with van der Waals surface area (Å²) in [5.74, 6) is 1.87. The molecular formula is C16H20N2O2. The number of piperidine rings is 1. The van der Waals surface area contributed by atoms with Crippen molar-refractivity contribution in [3.8, 4) is 11.3 Å². The van der Waals surface area contributed by atoms with E-state index in [0.717, 1.165) is 36.7 Å². The van der Waals surface area contributed by atoms with Crippen molar-refractivity contribution in [1.29, 1.82) is 0 Å². The Kier molecular flexibility index (Phi) is 3.85. The Hall–Kier alpha value is -1.65. The van der Waals surface area contributed by atoms with Crippen molar-refractivity contribution in [3.05, 3.63) is 42.4 Å². The zero-order valence-corrected chi connectivity index (χ0v) is 11.7. The molecule has 1 aromatic carbocycles. The fourth-order valence-electron chi connectivity index (χ4n) is 2.67. The fourth-order valence-corrected chi connectivity index (χ4v) is 2.67. The van der Waals surface area contributed by atoms with Crippen LogP contribution in [0, 0.1) is 5.92 Å². The standard InChI is InChI=1S/C16H20N2O2/c1-12-10-18(8-7-14(12)19)11-16-17-9-15(20-16)13-5-3-2-4-6-13/h2-6,9,12,14,19H,7-8,10-11H2,1H3. The van der Waals surface area contributed by atoms with Crippen LogP contribution in [-0.4, -0.2) is 34.2 Å². The Balaban J connectivity index is 1.66. The number of aliphatic hydroxyl groups excluding tert-OH is 1. The molecule has 1 aliphatic heterocycles. The zero-order chi connectivity index (χ0) is 13.9. The van der Waals surface area contributed by atoms with Gasteiger partial charge < -0.3 is 9.52 Å². The highest BCUT2D eigenvalue weighted by Gasteiger charge is 2.25. The van der Waals surface area contributed by atoms with E-state index in [1.54, 1.807) is 6.20 Å². The van der Waals surface area contributed by atoms with E-state index in [1.807, 2.05) is 30.3 Å². The molecule has 2 unspecified atom stereocenters. The number of hydrogen-bond acceptors (Lipinski definition) is 4. The lowest BCUT2D eigenvalue weighted by Gasteiger charge is -2.33. The SMILES string of the molecule is CC1CN(Cc2ncc(-c3ccccc3)o2)CCC1O. The number of aliphatic hydroxyl groups is 1. The van der Waals surface area contributed by atoms with E-state index in [2.05, 4.69) is 16.8 Å². The third-order valence-electron chi connectivity index (χ3n) is 3.91. The van der Waals surface area contributed by atoms with Crippen LogP contribution >= 0.6 is 0 Å². The molecule has 1 aliphatic rings. The first-order valence-electron chi connectivity index (χ1n) is 7.13. The molecule has 0 amide bonds. The second-order valence-corrected chi connectivity index (χ2v) is 5.55. The summed E-state index contributed by atoms with van der Waals surface area (Å²) >= 11 is 0. The number of benzene rings is 1. The molecule has 0 saturated carbocycles. The first kappa shape index (κ1) is 13.3. The number of likely N-dealkylation sites (tertiary alicyclic amines) is 1. The van der Waals surface area contributed by atoms with Crippen LogP contribution in [0.15, 0.2) is 40.9 Å². The third-order valence-corrected chi connectivity index (χ3v) is 3.91. The van der Waals surface area contributed by atoms with Crippen molar-refractivity contribution in [1.82, 2.24) is 9.88 Å². The average Bonchev–Trinajstić information content (AvgIpc) is 2.92. The maximum absolute atomic E-state index is 9.75. The molecule has 0 bridgehead atoms. The molecule has 1 N–H and O–H groups in total. The van der Waals surface area contributed by atoms with E-state index in [4.69, 9.17) is 4.42 Å². The summed E-state index contributed by atoms with van der Waals surface area (Å²) in [7, 11) is 0. The van der Waals surface area contributed by atoms with Gasteiger partial charge in [-0.1, -0.05) is 37.3 Å². The molecular weight excluding hydrogens is 252 g/mol. The summed E-state index contributed by atoms with van der Waals surface area (Å²) in [5.41, 5.74) is 1.05. The van der Waals surface area contributed by atoms with Crippen molar-refractivity contribution in [2.24, 2.45) is 5.92 Å². The smallest absolute Gasteiger partial charge is 0.209 e. The lowest BCUT2D eigenvalue weighted by Crippen LogP contribution is -2.41. The molecule has 0 aliphatic carbocycles. The molecule has 4 heteroatoms. The van der Waals surface area contributed by atoms with Crippen molar-refractivity contribution in [3.63, 3.8) is 0 Å². The number of hydrogen-bond donors (Lipinski definition) is 1. The van der Waals surface area contributed by atoms with Crippen LogP contribution < -0.4 is 0 Å². The number of nitrogens with zero attached hydrogens (tertiary/aromatic N) is 2. The van der Waals surface area contributed by atoms with Crippen molar-refractivity contribution < 1.29 is 9.52 Å². The predicted molar refractivity (Wildman–Crippen MR) is 77.0 cm³/mol. The highest BCUT2D eigenvalue weighted by molar-refractivity contribution is 5.55. The van der Waals surface area contributed by atoms with Gasteiger partial charge in [-0.05, 0) is 12.3 Å². The van der Waals surface area contributed by atoms with Crippen LogP contribution in [-0.2, 0) is 6.54 Å². The quantitative estimate of drug-likeness (QED) is 0.933. The minimum atomic E-state index is -0.171. The molecule has 20 heavy (non-hydrogen) atoms. The Morgan fingerprint density at radius 2 is 2.15 bits per heavy atom. The van der Waals surface area contributed by atoms with Crippen LogP contribution in [0.5, 0.6) is 0 Å². The average molecular weight is 272 g/mol. The van der Waals surface area contributed by atoms with Crippen LogP contribution in [0.25, 0.3) is 11.3 Å². The minimum absolute atomic E-state index is 0.171. The van der Waals surface area contributed by atoms with Gasteiger partial charge >= 0.3 is 0 Å². The molecule has 0 radical (unpaired) electrons. The Labute approximate surface area is 119 Å². The molecule has 2 aromatic rings. The monoisotopic (exact) mass is 272 g/mol. The molecule has 106 valence electrons. The van der Waals surface area contributed by atoms with Gasteiger partial charge in [-0.25, -0.2) is 4.98 Å². The lowest BCUT2D eigenvalue weighted by atomic mass is 9.97. The molecule has 3 rings (SSSR count). The second kappa shape index (κ2) is 5.77. The van der Waals surface area contributed by atoms with Crippen LogP contribution in [0.3, 0.4) is 0 Å². The normalized spacial score (nSPS) is 23.9. The van der Waals surface area contributed by atoms with Gasteiger partial charge in [0.05, 0.1) is 18.8 Å². The van der Waals surface area contributed by atoms with E-state index in [1.165, 1.54) is 0 Å². The molecule has 0 spiro atoms. The fraction of sp³-hybridized carbons (Fsp3) is 0.438. The summed E-state index contributed by atoms with van der Waals surface area (Å²) in [4.78, 5) is 6.65.